The Kier molecular flexibility index (Phi) is 5.03. The molecule has 108 valence electrons. The average molecular weight is 263 g/mol. The first-order chi connectivity index (χ1) is 9.11. The number of hydrogen-bond donors (Lipinski definition) is 1. The van der Waals surface area contributed by atoms with Gasteiger partial charge in [0.2, 0.25) is 0 Å². The van der Waals surface area contributed by atoms with E-state index in [1.54, 1.807) is 0 Å². The van der Waals surface area contributed by atoms with Crippen molar-refractivity contribution in [2.75, 3.05) is 13.1 Å². The van der Waals surface area contributed by atoms with Crippen molar-refractivity contribution < 1.29 is 0 Å². The molecule has 0 saturated heterocycles. The Balaban J connectivity index is 2.10. The summed E-state index contributed by atoms with van der Waals surface area (Å²) in [6.45, 7) is 9.16. The Morgan fingerprint density at radius 2 is 2.21 bits per heavy atom. The van der Waals surface area contributed by atoms with E-state index >= 15 is 0 Å². The monoisotopic (exact) mass is 263 g/mol. The summed E-state index contributed by atoms with van der Waals surface area (Å²) in [4.78, 5) is 0. The second-order valence-corrected chi connectivity index (χ2v) is 6.44. The third-order valence-electron chi connectivity index (χ3n) is 4.79. The number of aryl methyl sites for hydroxylation is 1. The summed E-state index contributed by atoms with van der Waals surface area (Å²) in [5.74, 6) is 3.15. The van der Waals surface area contributed by atoms with Crippen LogP contribution in [0.4, 0.5) is 0 Å². The first-order valence-electron chi connectivity index (χ1n) is 7.81. The van der Waals surface area contributed by atoms with E-state index in [9.17, 15) is 0 Å². The molecule has 1 aromatic rings. The van der Waals surface area contributed by atoms with Gasteiger partial charge in [-0.05, 0) is 61.6 Å². The summed E-state index contributed by atoms with van der Waals surface area (Å²) < 4.78 is 1.94. The molecule has 1 saturated carbocycles. The lowest BCUT2D eigenvalue weighted by Gasteiger charge is -2.37. The second-order valence-electron chi connectivity index (χ2n) is 6.44. The van der Waals surface area contributed by atoms with Crippen molar-refractivity contribution in [3.05, 3.63) is 18.0 Å². The standard InChI is InChI=1S/C16H29N3/c1-5-17-9-14-7-6-13(12(2)3)8-16(14)15-10-18-19(4)11-15/h10-14,16-17H,5-9H2,1-4H3. The third-order valence-corrected chi connectivity index (χ3v) is 4.79. The van der Waals surface area contributed by atoms with E-state index in [2.05, 4.69) is 43.6 Å². The molecule has 3 nitrogen and oxygen atoms in total. The van der Waals surface area contributed by atoms with E-state index in [0.29, 0.717) is 5.92 Å². The minimum Gasteiger partial charge on any atom is -0.317 e. The van der Waals surface area contributed by atoms with Crippen LogP contribution in [-0.4, -0.2) is 22.9 Å². The molecule has 1 N–H and O–H groups in total. The third kappa shape index (κ3) is 3.59. The summed E-state index contributed by atoms with van der Waals surface area (Å²) in [5, 5.41) is 7.91. The molecule has 0 bridgehead atoms. The summed E-state index contributed by atoms with van der Waals surface area (Å²) in [7, 11) is 2.02. The summed E-state index contributed by atoms with van der Waals surface area (Å²) >= 11 is 0. The normalized spacial score (nSPS) is 27.9. The Hall–Kier alpha value is -0.830. The molecule has 19 heavy (non-hydrogen) atoms. The van der Waals surface area contributed by atoms with E-state index in [1.165, 1.54) is 24.8 Å². The van der Waals surface area contributed by atoms with Gasteiger partial charge in [0.15, 0.2) is 0 Å². The van der Waals surface area contributed by atoms with Gasteiger partial charge >= 0.3 is 0 Å². The van der Waals surface area contributed by atoms with Gasteiger partial charge in [-0.15, -0.1) is 0 Å². The van der Waals surface area contributed by atoms with Crippen molar-refractivity contribution in [1.82, 2.24) is 15.1 Å². The lowest BCUT2D eigenvalue weighted by molar-refractivity contribution is 0.191. The van der Waals surface area contributed by atoms with E-state index in [4.69, 9.17) is 0 Å². The number of nitrogens with one attached hydrogen (secondary N) is 1. The molecule has 1 aliphatic carbocycles. The van der Waals surface area contributed by atoms with Crippen LogP contribution in [0.2, 0.25) is 0 Å². The quantitative estimate of drug-likeness (QED) is 0.884. The van der Waals surface area contributed by atoms with Crippen LogP contribution < -0.4 is 5.32 Å². The van der Waals surface area contributed by atoms with Gasteiger partial charge in [0.25, 0.3) is 0 Å². The van der Waals surface area contributed by atoms with Crippen LogP contribution in [0.5, 0.6) is 0 Å². The average Bonchev–Trinajstić information content (AvgIpc) is 2.82. The van der Waals surface area contributed by atoms with Crippen LogP contribution in [0.3, 0.4) is 0 Å². The van der Waals surface area contributed by atoms with Crippen molar-refractivity contribution >= 4 is 0 Å². The van der Waals surface area contributed by atoms with Crippen molar-refractivity contribution in [3.63, 3.8) is 0 Å². The van der Waals surface area contributed by atoms with Crippen LogP contribution in [0.25, 0.3) is 0 Å². The molecule has 0 amide bonds. The van der Waals surface area contributed by atoms with Crippen molar-refractivity contribution in [2.45, 2.75) is 46.0 Å². The van der Waals surface area contributed by atoms with Crippen LogP contribution in [0, 0.1) is 17.8 Å². The predicted molar refractivity (Wildman–Crippen MR) is 80.2 cm³/mol. The lowest BCUT2D eigenvalue weighted by atomic mass is 9.68. The number of nitrogens with zero attached hydrogens (tertiary/aromatic N) is 2. The van der Waals surface area contributed by atoms with E-state index in [0.717, 1.165) is 30.8 Å². The zero-order valence-corrected chi connectivity index (χ0v) is 12.9. The molecule has 0 aromatic carbocycles. The Morgan fingerprint density at radius 3 is 2.79 bits per heavy atom. The molecule has 1 heterocycles. The van der Waals surface area contributed by atoms with E-state index in [1.807, 2.05) is 11.7 Å². The van der Waals surface area contributed by atoms with Crippen LogP contribution >= 0.6 is 0 Å². The zero-order valence-electron chi connectivity index (χ0n) is 12.9. The smallest absolute Gasteiger partial charge is 0.0524 e. The van der Waals surface area contributed by atoms with Gasteiger partial charge in [-0.25, -0.2) is 0 Å². The van der Waals surface area contributed by atoms with Gasteiger partial charge in [-0.3, -0.25) is 4.68 Å². The van der Waals surface area contributed by atoms with Gasteiger partial charge in [-0.2, -0.15) is 5.10 Å². The van der Waals surface area contributed by atoms with Gasteiger partial charge in [-0.1, -0.05) is 20.8 Å². The van der Waals surface area contributed by atoms with Crippen molar-refractivity contribution in [3.8, 4) is 0 Å². The van der Waals surface area contributed by atoms with Gasteiger partial charge in [0.05, 0.1) is 6.20 Å². The fourth-order valence-corrected chi connectivity index (χ4v) is 3.49. The molecule has 1 aromatic heterocycles. The first kappa shape index (κ1) is 14.6. The molecule has 2 rings (SSSR count). The van der Waals surface area contributed by atoms with Gasteiger partial charge < -0.3 is 5.32 Å². The zero-order chi connectivity index (χ0) is 13.8. The van der Waals surface area contributed by atoms with E-state index < -0.39 is 0 Å². The van der Waals surface area contributed by atoms with Crippen molar-refractivity contribution in [2.24, 2.45) is 24.8 Å². The highest BCUT2D eigenvalue weighted by Crippen LogP contribution is 2.42. The van der Waals surface area contributed by atoms with Gasteiger partial charge in [0.1, 0.15) is 0 Å². The highest BCUT2D eigenvalue weighted by Gasteiger charge is 2.33. The molecule has 1 aliphatic rings. The molecule has 0 spiro atoms. The molecule has 3 unspecified atom stereocenters. The van der Waals surface area contributed by atoms with Crippen LogP contribution in [-0.2, 0) is 7.05 Å². The highest BCUT2D eigenvalue weighted by molar-refractivity contribution is 5.14. The van der Waals surface area contributed by atoms with Gasteiger partial charge in [0, 0.05) is 13.2 Å². The second kappa shape index (κ2) is 6.56. The molecule has 0 radical (unpaired) electrons. The predicted octanol–water partition coefficient (Wildman–Crippen LogP) is 3.19. The molecular weight excluding hydrogens is 234 g/mol. The molecule has 3 heteroatoms. The number of hydrogen-bond acceptors (Lipinski definition) is 2. The van der Waals surface area contributed by atoms with Crippen LogP contribution in [0.1, 0.15) is 51.5 Å². The summed E-state index contributed by atoms with van der Waals surface area (Å²) in [6, 6.07) is 0. The maximum absolute atomic E-state index is 4.37. The Labute approximate surface area is 117 Å². The Morgan fingerprint density at radius 1 is 1.42 bits per heavy atom. The maximum atomic E-state index is 4.37. The minimum atomic E-state index is 0.689. The number of aromatic nitrogens is 2. The molecule has 3 atom stereocenters. The summed E-state index contributed by atoms with van der Waals surface area (Å²) in [6.07, 6.45) is 8.37. The largest absolute Gasteiger partial charge is 0.317 e. The molecule has 1 fully saturated rings. The fourth-order valence-electron chi connectivity index (χ4n) is 3.49. The number of rotatable bonds is 5. The highest BCUT2D eigenvalue weighted by atomic mass is 15.2. The van der Waals surface area contributed by atoms with E-state index in [-0.39, 0.29) is 0 Å². The fraction of sp³-hybridized carbons (Fsp3) is 0.812. The molecule has 0 aliphatic heterocycles. The minimum absolute atomic E-state index is 0.689. The SMILES string of the molecule is CCNCC1CCC(C(C)C)CC1c1cnn(C)c1. The topological polar surface area (TPSA) is 29.9 Å². The Bertz CT molecular complexity index is 383. The van der Waals surface area contributed by atoms with Crippen LogP contribution in [0.15, 0.2) is 12.4 Å². The lowest BCUT2D eigenvalue weighted by Crippen LogP contribution is -2.33. The molecular formula is C16H29N3. The maximum Gasteiger partial charge on any atom is 0.0524 e. The van der Waals surface area contributed by atoms with Crippen molar-refractivity contribution in [1.29, 1.82) is 0 Å². The summed E-state index contributed by atoms with van der Waals surface area (Å²) in [5.41, 5.74) is 1.44. The first-order valence-corrected chi connectivity index (χ1v) is 7.81.